The molecule has 0 saturated carbocycles. The smallest absolute Gasteiger partial charge is 0.432 e. The van der Waals surface area contributed by atoms with Gasteiger partial charge in [-0.25, -0.2) is 23.2 Å². The first kappa shape index (κ1) is 27.8. The Kier molecular flexibility index (Phi) is 7.48. The van der Waals surface area contributed by atoms with Crippen molar-refractivity contribution in [1.82, 2.24) is 9.97 Å². The Labute approximate surface area is 221 Å². The second kappa shape index (κ2) is 10.5. The number of para-hydroxylation sites is 2. The van der Waals surface area contributed by atoms with Crippen LogP contribution >= 0.6 is 0 Å². The Balaban J connectivity index is 1.71. The van der Waals surface area contributed by atoms with Crippen LogP contribution in [0.15, 0.2) is 77.7 Å². The minimum atomic E-state index is -5.35. The summed E-state index contributed by atoms with van der Waals surface area (Å²) < 4.78 is 74.0. The summed E-state index contributed by atoms with van der Waals surface area (Å²) in [4.78, 5) is 20.8. The van der Waals surface area contributed by atoms with Gasteiger partial charge in [-0.05, 0) is 50.2 Å². The van der Waals surface area contributed by atoms with Crippen molar-refractivity contribution in [2.75, 3.05) is 16.6 Å². The van der Waals surface area contributed by atoms with Crippen molar-refractivity contribution in [3.63, 3.8) is 0 Å². The quantitative estimate of drug-likeness (QED) is 0.262. The molecule has 0 aliphatic carbocycles. The van der Waals surface area contributed by atoms with E-state index in [9.17, 15) is 31.5 Å². The second-order valence-corrected chi connectivity index (χ2v) is 10.1. The molecule has 0 saturated heterocycles. The highest BCUT2D eigenvalue weighted by Gasteiger charge is 2.62. The van der Waals surface area contributed by atoms with Gasteiger partial charge in [0.2, 0.25) is 0 Å². The largest absolute Gasteiger partial charge is 0.463 e. The first-order valence-electron chi connectivity index (χ1n) is 11.6. The highest BCUT2D eigenvalue weighted by molar-refractivity contribution is 7.92. The van der Waals surface area contributed by atoms with Gasteiger partial charge in [-0.3, -0.25) is 4.72 Å². The molecule has 204 valence electrons. The van der Waals surface area contributed by atoms with Gasteiger partial charge in [-0.1, -0.05) is 42.0 Å². The number of benzene rings is 3. The van der Waals surface area contributed by atoms with Crippen LogP contribution in [0.3, 0.4) is 0 Å². The number of nitrogens with zero attached hydrogens (tertiary/aromatic N) is 2. The molecule has 3 aromatic carbocycles. The van der Waals surface area contributed by atoms with Crippen molar-refractivity contribution in [3.05, 3.63) is 83.9 Å². The lowest BCUT2D eigenvalue weighted by Crippen LogP contribution is -2.50. The van der Waals surface area contributed by atoms with Crippen LogP contribution < -0.4 is 10.0 Å². The lowest BCUT2D eigenvalue weighted by molar-refractivity contribution is -0.267. The zero-order valence-corrected chi connectivity index (χ0v) is 21.5. The number of aliphatic hydroxyl groups is 1. The second-order valence-electron chi connectivity index (χ2n) is 8.46. The number of aromatic nitrogens is 2. The van der Waals surface area contributed by atoms with Gasteiger partial charge in [0, 0.05) is 11.3 Å². The molecule has 3 N–H and O–H groups in total. The van der Waals surface area contributed by atoms with Crippen molar-refractivity contribution in [2.45, 2.75) is 30.5 Å². The summed E-state index contributed by atoms with van der Waals surface area (Å²) in [6.45, 7) is 2.77. The van der Waals surface area contributed by atoms with E-state index in [0.717, 1.165) is 17.7 Å². The van der Waals surface area contributed by atoms with Crippen molar-refractivity contribution in [1.29, 1.82) is 0 Å². The molecule has 0 aliphatic heterocycles. The zero-order valence-electron chi connectivity index (χ0n) is 20.7. The molecule has 0 spiro atoms. The molecule has 4 aromatic rings. The number of alkyl halides is 3. The summed E-state index contributed by atoms with van der Waals surface area (Å²) >= 11 is 0. The van der Waals surface area contributed by atoms with Gasteiger partial charge in [0.15, 0.2) is 11.6 Å². The van der Waals surface area contributed by atoms with Crippen molar-refractivity contribution < 1.29 is 36.2 Å². The Hall–Kier alpha value is -4.23. The van der Waals surface area contributed by atoms with E-state index in [2.05, 4.69) is 24.7 Å². The average molecular weight is 561 g/mol. The maximum atomic E-state index is 13.7. The fraction of sp³-hybridized carbons (Fsp3) is 0.192. The number of ether oxygens (including phenoxy) is 1. The topological polar surface area (TPSA) is 131 Å². The summed E-state index contributed by atoms with van der Waals surface area (Å²) in [7, 11) is -4.07. The average Bonchev–Trinajstić information content (AvgIpc) is 2.88. The summed E-state index contributed by atoms with van der Waals surface area (Å²) in [5.41, 5.74) is -2.78. The molecule has 0 amide bonds. The molecule has 13 heteroatoms. The monoisotopic (exact) mass is 560 g/mol. The van der Waals surface area contributed by atoms with Crippen molar-refractivity contribution in [2.24, 2.45) is 0 Å². The molecule has 1 heterocycles. The van der Waals surface area contributed by atoms with E-state index in [-0.39, 0.29) is 28.8 Å². The predicted octanol–water partition coefficient (Wildman–Crippen LogP) is 4.80. The highest BCUT2D eigenvalue weighted by Crippen LogP contribution is 2.40. The van der Waals surface area contributed by atoms with E-state index in [1.54, 1.807) is 36.4 Å². The first-order valence-corrected chi connectivity index (χ1v) is 13.0. The molecular formula is C26H23F3N4O5S. The fourth-order valence-corrected chi connectivity index (χ4v) is 4.64. The van der Waals surface area contributed by atoms with Crippen molar-refractivity contribution >= 4 is 44.3 Å². The lowest BCUT2D eigenvalue weighted by atomic mass is 9.93. The lowest BCUT2D eigenvalue weighted by Gasteiger charge is -2.28. The van der Waals surface area contributed by atoms with Crippen LogP contribution in [0, 0.1) is 6.92 Å². The Morgan fingerprint density at radius 2 is 1.49 bits per heavy atom. The van der Waals surface area contributed by atoms with Gasteiger partial charge in [0.05, 0.1) is 22.5 Å². The fourth-order valence-electron chi connectivity index (χ4n) is 3.63. The number of rotatable bonds is 8. The van der Waals surface area contributed by atoms with Crippen LogP contribution in [0.2, 0.25) is 0 Å². The third kappa shape index (κ3) is 5.64. The SMILES string of the molecule is CCOC(=O)C(O)(c1ccc(Nc2nc3ccccc3nc2NS(=O)(=O)c2ccc(C)cc2)cc1)C(F)(F)F. The number of hydrogen-bond acceptors (Lipinski definition) is 8. The van der Waals surface area contributed by atoms with Crippen LogP contribution in [0.25, 0.3) is 11.0 Å². The van der Waals surface area contributed by atoms with Gasteiger partial charge in [-0.2, -0.15) is 13.2 Å². The predicted molar refractivity (Wildman–Crippen MR) is 138 cm³/mol. The van der Waals surface area contributed by atoms with E-state index < -0.39 is 33.3 Å². The Morgan fingerprint density at radius 3 is 2.03 bits per heavy atom. The number of aryl methyl sites for hydroxylation is 1. The van der Waals surface area contributed by atoms with E-state index >= 15 is 0 Å². The Bertz CT molecular complexity index is 1610. The van der Waals surface area contributed by atoms with Crippen LogP contribution in [-0.2, 0) is 25.2 Å². The van der Waals surface area contributed by atoms with Gasteiger partial charge >= 0.3 is 12.1 Å². The first-order chi connectivity index (χ1) is 18.3. The van der Waals surface area contributed by atoms with Crippen molar-refractivity contribution in [3.8, 4) is 0 Å². The zero-order chi connectivity index (χ0) is 28.4. The van der Waals surface area contributed by atoms with Crippen LogP contribution in [0.4, 0.5) is 30.5 Å². The van der Waals surface area contributed by atoms with E-state index in [1.165, 1.54) is 31.2 Å². The van der Waals surface area contributed by atoms with E-state index in [4.69, 9.17) is 0 Å². The minimum absolute atomic E-state index is 0.0104. The van der Waals surface area contributed by atoms with Gasteiger partial charge < -0.3 is 15.2 Å². The maximum absolute atomic E-state index is 13.7. The molecule has 1 aromatic heterocycles. The third-order valence-corrected chi connectivity index (χ3v) is 7.03. The van der Waals surface area contributed by atoms with Crippen LogP contribution in [0.5, 0.6) is 0 Å². The maximum Gasteiger partial charge on any atom is 0.432 e. The van der Waals surface area contributed by atoms with E-state index in [0.29, 0.717) is 11.0 Å². The summed E-state index contributed by atoms with van der Waals surface area (Å²) in [6.07, 6.45) is -5.35. The van der Waals surface area contributed by atoms with E-state index in [1.807, 2.05) is 6.92 Å². The number of halogens is 3. The Morgan fingerprint density at radius 1 is 0.923 bits per heavy atom. The van der Waals surface area contributed by atoms with Crippen LogP contribution in [0.1, 0.15) is 18.1 Å². The molecule has 0 aliphatic rings. The van der Waals surface area contributed by atoms with Gasteiger partial charge in [0.1, 0.15) is 0 Å². The molecule has 1 atom stereocenters. The number of esters is 1. The molecule has 0 fully saturated rings. The normalized spacial score (nSPS) is 13.5. The number of anilines is 3. The summed E-state index contributed by atoms with van der Waals surface area (Å²) in [5.74, 6) is -2.04. The molecule has 9 nitrogen and oxygen atoms in total. The van der Waals surface area contributed by atoms with Crippen LogP contribution in [-0.4, -0.2) is 42.2 Å². The summed E-state index contributed by atoms with van der Waals surface area (Å²) in [6, 6.07) is 17.0. The number of carbonyl (C=O) groups excluding carboxylic acids is 1. The third-order valence-electron chi connectivity index (χ3n) is 5.68. The van der Waals surface area contributed by atoms with Gasteiger partial charge in [0.25, 0.3) is 15.6 Å². The number of nitrogens with one attached hydrogen (secondary N) is 2. The minimum Gasteiger partial charge on any atom is -0.463 e. The molecular weight excluding hydrogens is 537 g/mol. The van der Waals surface area contributed by atoms with Gasteiger partial charge in [-0.15, -0.1) is 0 Å². The standard InChI is InChI=1S/C26H23F3N4O5S/c1-3-38-24(34)25(35,26(27,28)29)17-10-12-18(13-11-17)30-22-23(32-21-7-5-4-6-20(21)31-22)33-39(36,37)19-14-8-16(2)9-15-19/h4-15,35H,3H2,1-2H3,(H,30,31)(H,32,33). The highest BCUT2D eigenvalue weighted by atomic mass is 32.2. The molecule has 0 bridgehead atoms. The number of hydrogen-bond donors (Lipinski definition) is 3. The molecule has 1 unspecified atom stereocenters. The summed E-state index contributed by atoms with van der Waals surface area (Å²) in [5, 5.41) is 13.1. The number of sulfonamides is 1. The number of fused-ring (bicyclic) bond motifs is 1. The number of carbonyl (C=O) groups is 1. The molecule has 4 rings (SSSR count). The molecule has 39 heavy (non-hydrogen) atoms. The molecule has 0 radical (unpaired) electrons.